The van der Waals surface area contributed by atoms with Gasteiger partial charge in [0.05, 0.1) is 19.5 Å². The molecule has 5 atom stereocenters. The fraction of sp³-hybridized carbons (Fsp3) is 0.293. The monoisotopic (exact) mass is 825 g/mol. The van der Waals surface area contributed by atoms with Gasteiger partial charge in [0.25, 0.3) is 0 Å². The molecule has 9 N–H and O–H groups in total. The summed E-state index contributed by atoms with van der Waals surface area (Å²) in [7, 11) is 0. The quantitative estimate of drug-likeness (QED) is 0.0487. The Morgan fingerprint density at radius 3 is 1.93 bits per heavy atom. The zero-order valence-corrected chi connectivity index (χ0v) is 33.1. The lowest BCUT2D eigenvalue weighted by atomic mass is 10.0. The summed E-state index contributed by atoms with van der Waals surface area (Å²) in [6, 6.07) is 19.3. The SMILES string of the molecule is C[C@H](NC(=O)[C@@H](Cc1c[nH]c2ccccc12)NC(=O)[C@@H](COCc1ccccc1)NC(=O)[C@H](CS)NC(=O)[C@@H](Cc1cnc[nH]1)NC(=O)OCc1ccccc1)C(N)=O. The summed E-state index contributed by atoms with van der Waals surface area (Å²) in [5, 5.41) is 13.9. The Morgan fingerprint density at radius 2 is 1.27 bits per heavy atom. The second kappa shape index (κ2) is 21.8. The second-order valence-electron chi connectivity index (χ2n) is 13.6. The lowest BCUT2D eigenvalue weighted by molar-refractivity contribution is -0.135. The van der Waals surface area contributed by atoms with E-state index in [0.717, 1.165) is 22.0 Å². The molecule has 0 unspecified atom stereocenters. The predicted octanol–water partition coefficient (Wildman–Crippen LogP) is 1.56. The van der Waals surface area contributed by atoms with Gasteiger partial charge in [-0.1, -0.05) is 78.9 Å². The molecule has 18 heteroatoms. The number of ether oxygens (including phenoxy) is 2. The Balaban J connectivity index is 1.31. The van der Waals surface area contributed by atoms with E-state index in [1.807, 2.05) is 60.7 Å². The molecule has 310 valence electrons. The third-order valence-corrected chi connectivity index (χ3v) is 9.53. The van der Waals surface area contributed by atoms with E-state index in [9.17, 15) is 28.8 Å². The molecule has 0 aliphatic carbocycles. The lowest BCUT2D eigenvalue weighted by Gasteiger charge is -2.26. The predicted molar refractivity (Wildman–Crippen MR) is 220 cm³/mol. The Hall–Kier alpha value is -6.66. The molecule has 6 amide bonds. The molecule has 59 heavy (non-hydrogen) atoms. The van der Waals surface area contributed by atoms with Crippen molar-refractivity contribution >= 4 is 59.2 Å². The largest absolute Gasteiger partial charge is 0.445 e. The maximum Gasteiger partial charge on any atom is 0.408 e. The van der Waals surface area contributed by atoms with Gasteiger partial charge in [0.15, 0.2) is 0 Å². The number of benzene rings is 3. The normalized spacial score (nSPS) is 13.5. The van der Waals surface area contributed by atoms with Crippen LogP contribution in [0.15, 0.2) is 104 Å². The summed E-state index contributed by atoms with van der Waals surface area (Å²) in [5.41, 5.74) is 8.98. The lowest BCUT2D eigenvalue weighted by Crippen LogP contribution is -2.60. The van der Waals surface area contributed by atoms with Gasteiger partial charge in [-0.2, -0.15) is 12.6 Å². The summed E-state index contributed by atoms with van der Waals surface area (Å²) in [5.74, 6) is -4.01. The Morgan fingerprint density at radius 1 is 0.695 bits per heavy atom. The van der Waals surface area contributed by atoms with Crippen LogP contribution in [0.3, 0.4) is 0 Å². The van der Waals surface area contributed by atoms with Crippen molar-refractivity contribution in [1.82, 2.24) is 41.5 Å². The third-order valence-electron chi connectivity index (χ3n) is 9.16. The van der Waals surface area contributed by atoms with E-state index < -0.39 is 65.8 Å². The van der Waals surface area contributed by atoms with Crippen molar-refractivity contribution in [2.24, 2.45) is 5.73 Å². The molecular formula is C41H47N9O8S. The van der Waals surface area contributed by atoms with E-state index in [-0.39, 0.29) is 38.4 Å². The van der Waals surface area contributed by atoms with Crippen LogP contribution in [0.4, 0.5) is 4.79 Å². The Labute approximate surface area is 345 Å². The maximum atomic E-state index is 14.1. The van der Waals surface area contributed by atoms with Gasteiger partial charge in [0, 0.05) is 47.6 Å². The molecule has 2 aromatic heterocycles. The number of alkyl carbamates (subject to hydrolysis) is 1. The summed E-state index contributed by atoms with van der Waals surface area (Å²) in [6.45, 7) is 1.12. The molecule has 0 aliphatic heterocycles. The molecule has 17 nitrogen and oxygen atoms in total. The number of para-hydroxylation sites is 1. The molecule has 2 heterocycles. The first-order chi connectivity index (χ1) is 28.5. The number of aromatic nitrogens is 3. The summed E-state index contributed by atoms with van der Waals surface area (Å²) < 4.78 is 11.2. The van der Waals surface area contributed by atoms with Crippen LogP contribution < -0.4 is 32.3 Å². The van der Waals surface area contributed by atoms with Crippen LogP contribution in [0, 0.1) is 0 Å². The third kappa shape index (κ3) is 13.2. The van der Waals surface area contributed by atoms with Gasteiger partial charge >= 0.3 is 6.09 Å². The van der Waals surface area contributed by atoms with Crippen LogP contribution in [0.2, 0.25) is 0 Å². The van der Waals surface area contributed by atoms with Crippen molar-refractivity contribution in [3.63, 3.8) is 0 Å². The zero-order chi connectivity index (χ0) is 42.1. The number of carbonyl (C=O) groups excluding carboxylic acids is 6. The van der Waals surface area contributed by atoms with E-state index in [0.29, 0.717) is 11.3 Å². The number of primary amides is 1. The highest BCUT2D eigenvalue weighted by Gasteiger charge is 2.32. The first kappa shape index (κ1) is 43.5. The fourth-order valence-corrected chi connectivity index (χ4v) is 6.17. The van der Waals surface area contributed by atoms with E-state index in [1.54, 1.807) is 30.5 Å². The van der Waals surface area contributed by atoms with Gasteiger partial charge in [-0.15, -0.1) is 0 Å². The maximum absolute atomic E-state index is 14.1. The second-order valence-corrected chi connectivity index (χ2v) is 14.0. The van der Waals surface area contributed by atoms with Crippen molar-refractivity contribution in [1.29, 1.82) is 0 Å². The number of H-pyrrole nitrogens is 2. The van der Waals surface area contributed by atoms with Gasteiger partial charge in [0.2, 0.25) is 29.5 Å². The number of nitrogens with two attached hydrogens (primary N) is 1. The van der Waals surface area contributed by atoms with Crippen LogP contribution in [0.1, 0.15) is 29.3 Å². The van der Waals surface area contributed by atoms with Crippen LogP contribution in [-0.2, 0) is 59.5 Å². The van der Waals surface area contributed by atoms with Gasteiger partial charge in [0.1, 0.15) is 36.8 Å². The van der Waals surface area contributed by atoms with E-state index in [4.69, 9.17) is 15.2 Å². The number of aromatic amines is 2. The van der Waals surface area contributed by atoms with Gasteiger partial charge in [-0.3, -0.25) is 24.0 Å². The first-order valence-electron chi connectivity index (χ1n) is 18.7. The molecule has 5 rings (SSSR count). The van der Waals surface area contributed by atoms with Crippen LogP contribution >= 0.6 is 12.6 Å². The molecular weight excluding hydrogens is 779 g/mol. The fourth-order valence-electron chi connectivity index (χ4n) is 5.91. The van der Waals surface area contributed by atoms with E-state index >= 15 is 0 Å². The molecule has 5 aromatic rings. The highest BCUT2D eigenvalue weighted by atomic mass is 32.1. The number of nitrogens with zero attached hydrogens (tertiary/aromatic N) is 1. The minimum Gasteiger partial charge on any atom is -0.445 e. The highest BCUT2D eigenvalue weighted by Crippen LogP contribution is 2.19. The molecule has 0 bridgehead atoms. The molecule has 0 aliphatic rings. The number of hydrogen-bond acceptors (Lipinski definition) is 10. The number of thiol groups is 1. The standard InChI is InChI=1S/C41H47N9O8S/c1-25(36(42)51)46-37(52)32(16-28-18-44-31-15-9-8-14-30(28)31)47-39(54)34(22-57-20-26-10-4-2-5-11-26)48-40(55)35(23-59)49-38(53)33(17-29-19-43-24-45-29)50-41(56)58-21-27-12-6-3-7-13-27/h2-15,18-19,24-25,32-35,44,59H,16-17,20-23H2,1H3,(H2,42,51)(H,43,45)(H,46,52)(H,47,54)(H,48,55)(H,49,53)(H,50,56)/t25-,32+,33+,34+,35-/m0/s1. The minimum atomic E-state index is -1.38. The van der Waals surface area contributed by atoms with Crippen LogP contribution in [0.5, 0.6) is 0 Å². The molecule has 0 fully saturated rings. The van der Waals surface area contributed by atoms with Crippen molar-refractivity contribution < 1.29 is 38.2 Å². The van der Waals surface area contributed by atoms with Crippen molar-refractivity contribution in [2.75, 3.05) is 12.4 Å². The topological polar surface area (TPSA) is 252 Å². The van der Waals surface area contributed by atoms with Crippen molar-refractivity contribution in [3.8, 4) is 0 Å². The first-order valence-corrected chi connectivity index (χ1v) is 19.4. The number of hydrogen-bond donors (Lipinski definition) is 9. The number of amides is 6. The van der Waals surface area contributed by atoms with Crippen LogP contribution in [-0.4, -0.2) is 93.2 Å². The smallest absolute Gasteiger partial charge is 0.408 e. The average molecular weight is 826 g/mol. The molecule has 0 saturated carbocycles. The molecule has 0 radical (unpaired) electrons. The van der Waals surface area contributed by atoms with Crippen LogP contribution in [0.25, 0.3) is 10.9 Å². The number of imidazole rings is 1. The summed E-state index contributed by atoms with van der Waals surface area (Å²) in [6.07, 6.45) is 3.73. The molecule has 3 aromatic carbocycles. The number of rotatable bonds is 21. The van der Waals surface area contributed by atoms with Gasteiger partial charge in [-0.05, 0) is 29.7 Å². The zero-order valence-electron chi connectivity index (χ0n) is 32.2. The van der Waals surface area contributed by atoms with E-state index in [2.05, 4.69) is 54.2 Å². The van der Waals surface area contributed by atoms with Crippen molar-refractivity contribution in [3.05, 3.63) is 126 Å². The number of fused-ring (bicyclic) bond motifs is 1. The molecule has 0 saturated heterocycles. The summed E-state index contributed by atoms with van der Waals surface area (Å²) >= 11 is 4.30. The Kier molecular flexibility index (Phi) is 16.0. The number of nitrogens with one attached hydrogen (secondary N) is 7. The van der Waals surface area contributed by atoms with Crippen molar-refractivity contribution in [2.45, 2.75) is 63.2 Å². The summed E-state index contributed by atoms with van der Waals surface area (Å²) in [4.78, 5) is 89.9. The van der Waals surface area contributed by atoms with Gasteiger partial charge in [-0.25, -0.2) is 9.78 Å². The number of carbonyl (C=O) groups is 6. The average Bonchev–Trinajstić information content (AvgIpc) is 3.91. The minimum absolute atomic E-state index is 0.00638. The highest BCUT2D eigenvalue weighted by molar-refractivity contribution is 7.80. The molecule has 0 spiro atoms. The van der Waals surface area contributed by atoms with E-state index in [1.165, 1.54) is 19.4 Å². The van der Waals surface area contributed by atoms with Gasteiger partial charge < -0.3 is 51.8 Å². The Bertz CT molecular complexity index is 2170.